The molecule has 0 saturated carbocycles. The number of nitrogens with one attached hydrogen (secondary N) is 1. The molecule has 0 aliphatic rings. The van der Waals surface area contributed by atoms with Gasteiger partial charge in [0.2, 0.25) is 0 Å². The quantitative estimate of drug-likeness (QED) is 0.873. The van der Waals surface area contributed by atoms with Gasteiger partial charge in [0.15, 0.2) is 0 Å². The van der Waals surface area contributed by atoms with Crippen molar-refractivity contribution in [3.05, 3.63) is 50.1 Å². The van der Waals surface area contributed by atoms with Gasteiger partial charge in [-0.05, 0) is 45.6 Å². The third-order valence-corrected chi connectivity index (χ3v) is 3.86. The number of halogens is 2. The minimum Gasteiger partial charge on any atom is -0.322 e. The van der Waals surface area contributed by atoms with Crippen LogP contribution >= 0.6 is 38.9 Å². The van der Waals surface area contributed by atoms with Gasteiger partial charge in [-0.3, -0.25) is 4.79 Å². The minimum atomic E-state index is -0.115. The summed E-state index contributed by atoms with van der Waals surface area (Å²) < 4.78 is 0.761. The van der Waals surface area contributed by atoms with Gasteiger partial charge in [0.25, 0.3) is 5.91 Å². The van der Waals surface area contributed by atoms with Crippen molar-refractivity contribution in [1.82, 2.24) is 0 Å². The molecule has 2 rings (SSSR count). The topological polar surface area (TPSA) is 29.1 Å². The van der Waals surface area contributed by atoms with Crippen LogP contribution in [0.15, 0.2) is 39.5 Å². The Kier molecular flexibility index (Phi) is 3.63. The second-order valence-electron chi connectivity index (χ2n) is 3.10. The highest BCUT2D eigenvalue weighted by molar-refractivity contribution is 9.10. The van der Waals surface area contributed by atoms with Gasteiger partial charge in [-0.15, -0.1) is 0 Å². The lowest BCUT2D eigenvalue weighted by molar-refractivity contribution is 0.102. The van der Waals surface area contributed by atoms with Gasteiger partial charge in [0, 0.05) is 15.5 Å². The minimum absolute atomic E-state index is 0.115. The monoisotopic (exact) mass is 315 g/mol. The van der Waals surface area contributed by atoms with Crippen LogP contribution in [0.5, 0.6) is 0 Å². The summed E-state index contributed by atoms with van der Waals surface area (Å²) in [7, 11) is 0. The fraction of sp³-hybridized carbons (Fsp3) is 0. The Hall–Kier alpha value is -0.840. The van der Waals surface area contributed by atoms with E-state index >= 15 is 0 Å². The molecule has 5 heteroatoms. The highest BCUT2D eigenvalue weighted by atomic mass is 79.9. The molecular weight excluding hydrogens is 310 g/mol. The van der Waals surface area contributed by atoms with Crippen LogP contribution in [0.2, 0.25) is 5.02 Å². The third kappa shape index (κ3) is 2.64. The Morgan fingerprint density at radius 2 is 2.19 bits per heavy atom. The lowest BCUT2D eigenvalue weighted by atomic mass is 10.3. The predicted octanol–water partition coefficient (Wildman–Crippen LogP) is 4.42. The van der Waals surface area contributed by atoms with Crippen molar-refractivity contribution in [2.24, 2.45) is 0 Å². The molecule has 1 heterocycles. The molecule has 1 aromatic heterocycles. The van der Waals surface area contributed by atoms with E-state index in [1.807, 2.05) is 5.38 Å². The lowest BCUT2D eigenvalue weighted by Crippen LogP contribution is -2.10. The molecule has 0 aliphatic heterocycles. The second-order valence-corrected chi connectivity index (χ2v) is 5.14. The SMILES string of the molecule is O=C(Nc1ccc(Cl)c(Br)c1)c1ccsc1. The smallest absolute Gasteiger partial charge is 0.256 e. The summed E-state index contributed by atoms with van der Waals surface area (Å²) in [6.45, 7) is 0. The van der Waals surface area contributed by atoms with Crippen LogP contribution in [0.4, 0.5) is 5.69 Å². The summed E-state index contributed by atoms with van der Waals surface area (Å²) in [5.41, 5.74) is 1.38. The Bertz CT molecular complexity index is 513. The van der Waals surface area contributed by atoms with Gasteiger partial charge in [-0.25, -0.2) is 0 Å². The van der Waals surface area contributed by atoms with Crippen LogP contribution in [0, 0.1) is 0 Å². The molecule has 1 aromatic carbocycles. The first-order valence-electron chi connectivity index (χ1n) is 4.45. The predicted molar refractivity (Wildman–Crippen MR) is 71.4 cm³/mol. The third-order valence-electron chi connectivity index (χ3n) is 1.96. The first kappa shape index (κ1) is 11.6. The number of hydrogen-bond donors (Lipinski definition) is 1. The maximum Gasteiger partial charge on any atom is 0.256 e. The molecule has 0 bridgehead atoms. The molecular formula is C11H7BrClNOS. The Balaban J connectivity index is 2.15. The van der Waals surface area contributed by atoms with Gasteiger partial charge in [-0.1, -0.05) is 11.6 Å². The number of thiophene rings is 1. The Labute approximate surface area is 110 Å². The van der Waals surface area contributed by atoms with Crippen molar-refractivity contribution in [2.45, 2.75) is 0 Å². The standard InChI is InChI=1S/C11H7BrClNOS/c12-9-5-8(1-2-10(9)13)14-11(15)7-3-4-16-6-7/h1-6H,(H,14,15). The summed E-state index contributed by atoms with van der Waals surface area (Å²) in [4.78, 5) is 11.7. The fourth-order valence-corrected chi connectivity index (χ4v) is 2.30. The first-order valence-corrected chi connectivity index (χ1v) is 6.57. The molecule has 16 heavy (non-hydrogen) atoms. The molecule has 0 saturated heterocycles. The number of benzene rings is 1. The molecule has 2 nitrogen and oxygen atoms in total. The molecule has 0 aliphatic carbocycles. The van der Waals surface area contributed by atoms with Crippen molar-refractivity contribution in [3.63, 3.8) is 0 Å². The number of hydrogen-bond acceptors (Lipinski definition) is 2. The van der Waals surface area contributed by atoms with E-state index in [0.717, 1.165) is 4.47 Å². The fourth-order valence-electron chi connectivity index (χ4n) is 1.17. The molecule has 0 atom stereocenters. The average Bonchev–Trinajstić information content (AvgIpc) is 2.77. The summed E-state index contributed by atoms with van der Waals surface area (Å²) >= 11 is 10.7. The van der Waals surface area contributed by atoms with Crippen molar-refractivity contribution >= 4 is 50.5 Å². The average molecular weight is 317 g/mol. The maximum absolute atomic E-state index is 11.7. The van der Waals surface area contributed by atoms with Gasteiger partial charge >= 0.3 is 0 Å². The van der Waals surface area contributed by atoms with E-state index < -0.39 is 0 Å². The van der Waals surface area contributed by atoms with Crippen LogP contribution in [-0.2, 0) is 0 Å². The van der Waals surface area contributed by atoms with Gasteiger partial charge in [0.05, 0.1) is 10.6 Å². The zero-order valence-electron chi connectivity index (χ0n) is 8.04. The summed E-state index contributed by atoms with van der Waals surface area (Å²) in [6.07, 6.45) is 0. The van der Waals surface area contributed by atoms with Crippen molar-refractivity contribution in [2.75, 3.05) is 5.32 Å². The number of anilines is 1. The maximum atomic E-state index is 11.7. The van der Waals surface area contributed by atoms with Crippen molar-refractivity contribution < 1.29 is 4.79 Å². The van der Waals surface area contributed by atoms with Gasteiger partial charge in [0.1, 0.15) is 0 Å². The zero-order chi connectivity index (χ0) is 11.5. The van der Waals surface area contributed by atoms with Gasteiger partial charge in [-0.2, -0.15) is 11.3 Å². The van der Waals surface area contributed by atoms with E-state index in [9.17, 15) is 4.79 Å². The molecule has 82 valence electrons. The Morgan fingerprint density at radius 3 is 2.81 bits per heavy atom. The molecule has 1 N–H and O–H groups in total. The number of carbonyl (C=O) groups is 1. The van der Waals surface area contributed by atoms with Crippen LogP contribution in [0.25, 0.3) is 0 Å². The Morgan fingerprint density at radius 1 is 1.38 bits per heavy atom. The molecule has 0 fully saturated rings. The van der Waals surface area contributed by atoms with Crippen LogP contribution in [-0.4, -0.2) is 5.91 Å². The van der Waals surface area contributed by atoms with Gasteiger partial charge < -0.3 is 5.32 Å². The molecule has 0 radical (unpaired) electrons. The van der Waals surface area contributed by atoms with E-state index in [1.54, 1.807) is 29.6 Å². The van der Waals surface area contributed by atoms with Crippen LogP contribution < -0.4 is 5.32 Å². The lowest BCUT2D eigenvalue weighted by Gasteiger charge is -2.04. The van der Waals surface area contributed by atoms with E-state index in [2.05, 4.69) is 21.2 Å². The largest absolute Gasteiger partial charge is 0.322 e. The zero-order valence-corrected chi connectivity index (χ0v) is 11.2. The van der Waals surface area contributed by atoms with E-state index in [4.69, 9.17) is 11.6 Å². The molecule has 1 amide bonds. The van der Waals surface area contributed by atoms with Crippen LogP contribution in [0.3, 0.4) is 0 Å². The number of rotatable bonds is 2. The van der Waals surface area contributed by atoms with Crippen LogP contribution in [0.1, 0.15) is 10.4 Å². The second kappa shape index (κ2) is 4.99. The van der Waals surface area contributed by atoms with E-state index in [1.165, 1.54) is 11.3 Å². The van der Waals surface area contributed by atoms with E-state index in [-0.39, 0.29) is 5.91 Å². The first-order chi connectivity index (χ1) is 7.66. The summed E-state index contributed by atoms with van der Waals surface area (Å²) in [5, 5.41) is 7.08. The summed E-state index contributed by atoms with van der Waals surface area (Å²) in [6, 6.07) is 7.05. The van der Waals surface area contributed by atoms with Crippen molar-refractivity contribution in [3.8, 4) is 0 Å². The highest BCUT2D eigenvalue weighted by Gasteiger charge is 2.06. The molecule has 2 aromatic rings. The summed E-state index contributed by atoms with van der Waals surface area (Å²) in [5.74, 6) is -0.115. The normalized spacial score (nSPS) is 10.1. The van der Waals surface area contributed by atoms with E-state index in [0.29, 0.717) is 16.3 Å². The number of carbonyl (C=O) groups excluding carboxylic acids is 1. The highest BCUT2D eigenvalue weighted by Crippen LogP contribution is 2.25. The number of amides is 1. The van der Waals surface area contributed by atoms with Crippen molar-refractivity contribution in [1.29, 1.82) is 0 Å². The molecule has 0 spiro atoms. The molecule has 0 unspecified atom stereocenters.